The lowest BCUT2D eigenvalue weighted by molar-refractivity contribution is 0.457. The molecule has 0 fully saturated rings. The van der Waals surface area contributed by atoms with E-state index in [9.17, 15) is 16.8 Å². The van der Waals surface area contributed by atoms with Gasteiger partial charge in [-0.3, -0.25) is 0 Å². The first-order chi connectivity index (χ1) is 11.8. The molecule has 5 nitrogen and oxygen atoms in total. The summed E-state index contributed by atoms with van der Waals surface area (Å²) in [6, 6.07) is 14.0. The van der Waals surface area contributed by atoms with Crippen molar-refractivity contribution in [1.82, 2.24) is 0 Å². The van der Waals surface area contributed by atoms with E-state index in [-0.39, 0.29) is 21.2 Å². The molecule has 0 amide bonds. The molecule has 0 aromatic heterocycles. The molecule has 0 spiro atoms. The number of hydrogen-bond donors (Lipinski definition) is 1. The summed E-state index contributed by atoms with van der Waals surface area (Å²) >= 11 is 0. The Hall–Kier alpha value is -1.86. The van der Waals surface area contributed by atoms with Crippen LogP contribution in [0.3, 0.4) is 0 Å². The molecule has 1 unspecified atom stereocenters. The molecule has 1 atom stereocenters. The summed E-state index contributed by atoms with van der Waals surface area (Å²) in [5, 5.41) is 3.26. The van der Waals surface area contributed by atoms with Gasteiger partial charge in [0, 0.05) is 24.0 Å². The van der Waals surface area contributed by atoms with Crippen molar-refractivity contribution in [3.05, 3.63) is 54.1 Å². The molecule has 26 heavy (non-hydrogen) atoms. The van der Waals surface area contributed by atoms with Gasteiger partial charge in [0.25, 0.3) is 0 Å². The lowest BCUT2D eigenvalue weighted by Crippen LogP contribution is -2.37. The Bertz CT molecular complexity index is 995. The van der Waals surface area contributed by atoms with Crippen molar-refractivity contribution in [1.29, 1.82) is 0 Å². The molecule has 1 N–H and O–H groups in total. The Balaban J connectivity index is 2.46. The Morgan fingerprint density at radius 2 is 1.46 bits per heavy atom. The molecule has 2 aromatic rings. The van der Waals surface area contributed by atoms with Crippen LogP contribution < -0.4 is 5.32 Å². The lowest BCUT2D eigenvalue weighted by atomic mass is 9.78. The largest absolute Gasteiger partial charge is 0.381 e. The van der Waals surface area contributed by atoms with Crippen LogP contribution in [0.2, 0.25) is 0 Å². The topological polar surface area (TPSA) is 80.3 Å². The normalized spacial score (nSPS) is 14.0. The molecule has 0 aliphatic rings. The fraction of sp³-hybridized carbons (Fsp3) is 0.368. The van der Waals surface area contributed by atoms with Gasteiger partial charge in [0.05, 0.1) is 15.5 Å². The smallest absolute Gasteiger partial charge is 0.177 e. The first-order valence-corrected chi connectivity index (χ1v) is 12.0. The maximum absolute atomic E-state index is 12.2. The number of hydrogen-bond acceptors (Lipinski definition) is 5. The molecule has 0 heterocycles. The van der Waals surface area contributed by atoms with Crippen LogP contribution in [-0.2, 0) is 25.1 Å². The lowest BCUT2D eigenvalue weighted by Gasteiger charge is -2.34. The maximum Gasteiger partial charge on any atom is 0.177 e. The van der Waals surface area contributed by atoms with Crippen LogP contribution in [0.15, 0.2) is 58.3 Å². The zero-order chi connectivity index (χ0) is 19.8. The molecule has 2 aromatic carbocycles. The molecule has 0 radical (unpaired) electrons. The van der Waals surface area contributed by atoms with Crippen molar-refractivity contribution in [2.45, 2.75) is 42.0 Å². The maximum atomic E-state index is 12.2. The molecular weight excluding hydrogens is 370 g/mol. The van der Waals surface area contributed by atoms with Crippen molar-refractivity contribution in [3.8, 4) is 0 Å². The molecule has 142 valence electrons. The van der Waals surface area contributed by atoms with Crippen molar-refractivity contribution in [2.75, 3.05) is 17.8 Å². The van der Waals surface area contributed by atoms with E-state index >= 15 is 0 Å². The van der Waals surface area contributed by atoms with Crippen molar-refractivity contribution >= 4 is 25.4 Å². The second-order valence-electron chi connectivity index (χ2n) is 7.16. The Kier molecular flexibility index (Phi) is 5.54. The molecule has 0 aliphatic heterocycles. The molecule has 2 rings (SSSR count). The number of sulfone groups is 2. The first-order valence-electron chi connectivity index (χ1n) is 8.19. The third-order valence-corrected chi connectivity index (χ3v) is 7.00. The van der Waals surface area contributed by atoms with Crippen LogP contribution in [0.1, 0.15) is 26.3 Å². The third-order valence-electron chi connectivity index (χ3n) is 4.75. The second kappa shape index (κ2) is 7.04. The van der Waals surface area contributed by atoms with Crippen LogP contribution in [0.4, 0.5) is 5.69 Å². The van der Waals surface area contributed by atoms with Gasteiger partial charge in [0.2, 0.25) is 0 Å². The number of nitrogens with one attached hydrogen (secondary N) is 1. The average Bonchev–Trinajstić information content (AvgIpc) is 2.54. The molecule has 0 aliphatic carbocycles. The Morgan fingerprint density at radius 3 is 1.96 bits per heavy atom. The number of benzene rings is 2. The minimum Gasteiger partial charge on any atom is -0.381 e. The zero-order valence-electron chi connectivity index (χ0n) is 15.6. The molecule has 0 bridgehead atoms. The van der Waals surface area contributed by atoms with E-state index in [1.807, 2.05) is 37.3 Å². The van der Waals surface area contributed by atoms with Gasteiger partial charge in [0.15, 0.2) is 19.7 Å². The van der Waals surface area contributed by atoms with E-state index in [4.69, 9.17) is 0 Å². The molecule has 0 saturated heterocycles. The summed E-state index contributed by atoms with van der Waals surface area (Å²) in [5.74, 6) is 0. The van der Waals surface area contributed by atoms with Crippen molar-refractivity contribution in [2.24, 2.45) is 0 Å². The van der Waals surface area contributed by atoms with E-state index in [1.165, 1.54) is 18.2 Å². The Labute approximate surface area is 156 Å². The summed E-state index contributed by atoms with van der Waals surface area (Å²) in [6.07, 6.45) is 2.13. The van der Waals surface area contributed by atoms with Gasteiger partial charge in [-0.25, -0.2) is 16.8 Å². The predicted molar refractivity (Wildman–Crippen MR) is 105 cm³/mol. The van der Waals surface area contributed by atoms with Crippen molar-refractivity contribution in [3.63, 3.8) is 0 Å². The van der Waals surface area contributed by atoms with Crippen LogP contribution in [0.25, 0.3) is 0 Å². The van der Waals surface area contributed by atoms with Gasteiger partial charge >= 0.3 is 0 Å². The fourth-order valence-electron chi connectivity index (χ4n) is 2.69. The summed E-state index contributed by atoms with van der Waals surface area (Å²) in [4.78, 5) is -0.0328. The number of rotatable bonds is 6. The summed E-state index contributed by atoms with van der Waals surface area (Å²) in [6.45, 7) is 6.12. The average molecular weight is 396 g/mol. The zero-order valence-corrected chi connectivity index (χ0v) is 17.3. The highest BCUT2D eigenvalue weighted by atomic mass is 32.2. The number of anilines is 1. The quantitative estimate of drug-likeness (QED) is 0.812. The molecular formula is C19H25NO4S2. The minimum absolute atomic E-state index is 0.0153. The van der Waals surface area contributed by atoms with Crippen LogP contribution >= 0.6 is 0 Å². The highest BCUT2D eigenvalue weighted by Crippen LogP contribution is 2.32. The highest BCUT2D eigenvalue weighted by molar-refractivity contribution is 7.91. The minimum atomic E-state index is -3.60. The molecule has 7 heteroatoms. The van der Waals surface area contributed by atoms with Gasteiger partial charge in [-0.2, -0.15) is 0 Å². The van der Waals surface area contributed by atoms with Crippen LogP contribution in [-0.4, -0.2) is 35.4 Å². The van der Waals surface area contributed by atoms with Gasteiger partial charge in [-0.15, -0.1) is 0 Å². The van der Waals surface area contributed by atoms with Gasteiger partial charge in [-0.1, -0.05) is 44.2 Å². The van der Waals surface area contributed by atoms with E-state index in [1.54, 1.807) is 0 Å². The first kappa shape index (κ1) is 20.5. The molecule has 0 saturated carbocycles. The summed E-state index contributed by atoms with van der Waals surface area (Å²) in [5.41, 5.74) is 1.25. The standard InChI is InChI=1S/C19H25NO4S2/c1-14(19(2,3)15-9-7-6-8-10-15)20-17-12-11-16(25(4,21)22)13-18(17)26(5,23)24/h6-14,20H,1-5H3. The second-order valence-corrected chi connectivity index (χ2v) is 11.2. The van der Waals surface area contributed by atoms with E-state index < -0.39 is 19.7 Å². The van der Waals surface area contributed by atoms with E-state index in [0.29, 0.717) is 5.69 Å². The van der Waals surface area contributed by atoms with Crippen molar-refractivity contribution < 1.29 is 16.8 Å². The summed E-state index contributed by atoms with van der Waals surface area (Å²) in [7, 11) is -7.09. The SMILES string of the molecule is CC(Nc1ccc(S(C)(=O)=O)cc1S(C)(=O)=O)C(C)(C)c1ccccc1. The van der Waals surface area contributed by atoms with Crippen LogP contribution in [0, 0.1) is 0 Å². The van der Waals surface area contributed by atoms with E-state index in [2.05, 4.69) is 19.2 Å². The highest BCUT2D eigenvalue weighted by Gasteiger charge is 2.29. The van der Waals surface area contributed by atoms with Gasteiger partial charge in [0.1, 0.15) is 0 Å². The fourth-order valence-corrected chi connectivity index (χ4v) is 4.28. The van der Waals surface area contributed by atoms with Crippen LogP contribution in [0.5, 0.6) is 0 Å². The van der Waals surface area contributed by atoms with Gasteiger partial charge < -0.3 is 5.32 Å². The van der Waals surface area contributed by atoms with Gasteiger partial charge in [-0.05, 0) is 30.7 Å². The van der Waals surface area contributed by atoms with E-state index in [0.717, 1.165) is 18.1 Å². The monoisotopic (exact) mass is 395 g/mol. The Morgan fingerprint density at radius 1 is 0.885 bits per heavy atom. The summed E-state index contributed by atoms with van der Waals surface area (Å²) < 4.78 is 47.9. The predicted octanol–water partition coefficient (Wildman–Crippen LogP) is 3.27. The third kappa shape index (κ3) is 4.45.